The van der Waals surface area contributed by atoms with Crippen LogP contribution in [0.2, 0.25) is 0 Å². The van der Waals surface area contributed by atoms with E-state index in [4.69, 9.17) is 14.2 Å². The van der Waals surface area contributed by atoms with Crippen molar-refractivity contribution < 1.29 is 23.8 Å². The normalized spacial score (nSPS) is 30.9. The molecule has 174 valence electrons. The average Bonchev–Trinajstić information content (AvgIpc) is 3.58. The lowest BCUT2D eigenvalue weighted by Crippen LogP contribution is -2.46. The van der Waals surface area contributed by atoms with E-state index in [1.165, 1.54) is 11.3 Å². The fourth-order valence-corrected chi connectivity index (χ4v) is 6.33. The van der Waals surface area contributed by atoms with Crippen molar-refractivity contribution in [3.05, 3.63) is 30.4 Å². The maximum atomic E-state index is 13.6. The Bertz CT molecular complexity index is 1130. The molecule has 1 aromatic heterocycles. The Morgan fingerprint density at radius 3 is 3.03 bits per heavy atom. The maximum Gasteiger partial charge on any atom is 0.236 e. The van der Waals surface area contributed by atoms with Gasteiger partial charge in [-0.25, -0.2) is 4.98 Å². The highest BCUT2D eigenvalue weighted by Gasteiger charge is 2.67. The van der Waals surface area contributed by atoms with Crippen LogP contribution in [0.4, 0.5) is 5.13 Å². The van der Waals surface area contributed by atoms with Gasteiger partial charge in [0, 0.05) is 32.2 Å². The molecule has 1 aromatic carbocycles. The number of carbonyl (C=O) groups excluding carboxylic acids is 2. The number of aromatic nitrogens is 1. The number of benzene rings is 1. The summed E-state index contributed by atoms with van der Waals surface area (Å²) in [6.07, 6.45) is 3.54. The molecular formula is C23H26N4O5S. The van der Waals surface area contributed by atoms with Gasteiger partial charge in [0.1, 0.15) is 11.4 Å². The molecule has 1 spiro atoms. The molecule has 2 aromatic rings. The first-order valence-electron chi connectivity index (χ1n) is 11.3. The molecule has 0 unspecified atom stereocenters. The minimum absolute atomic E-state index is 0.0961. The van der Waals surface area contributed by atoms with Crippen molar-refractivity contribution >= 4 is 38.5 Å². The largest absolute Gasteiger partial charge is 0.497 e. The van der Waals surface area contributed by atoms with Gasteiger partial charge >= 0.3 is 0 Å². The minimum atomic E-state index is -0.760. The summed E-state index contributed by atoms with van der Waals surface area (Å²) in [7, 11) is 1.62. The minimum Gasteiger partial charge on any atom is -0.497 e. The second-order valence-electron chi connectivity index (χ2n) is 8.90. The van der Waals surface area contributed by atoms with Gasteiger partial charge in [-0.3, -0.25) is 19.4 Å². The van der Waals surface area contributed by atoms with Crippen LogP contribution in [0.5, 0.6) is 5.75 Å². The molecular weight excluding hydrogens is 444 g/mol. The molecule has 33 heavy (non-hydrogen) atoms. The van der Waals surface area contributed by atoms with Crippen LogP contribution in [0, 0.1) is 11.8 Å². The van der Waals surface area contributed by atoms with Gasteiger partial charge in [-0.15, -0.1) is 0 Å². The number of amides is 2. The molecule has 0 radical (unpaired) electrons. The number of thiazole rings is 1. The molecule has 3 saturated heterocycles. The van der Waals surface area contributed by atoms with E-state index in [1.54, 1.807) is 12.0 Å². The Morgan fingerprint density at radius 2 is 2.21 bits per heavy atom. The zero-order valence-electron chi connectivity index (χ0n) is 18.4. The van der Waals surface area contributed by atoms with Gasteiger partial charge in [0.05, 0.1) is 55.0 Å². The Kier molecular flexibility index (Phi) is 5.13. The van der Waals surface area contributed by atoms with Crippen molar-refractivity contribution in [2.45, 2.75) is 11.7 Å². The molecule has 3 fully saturated rings. The number of hydrogen-bond acceptors (Lipinski definition) is 8. The van der Waals surface area contributed by atoms with Gasteiger partial charge in [0.25, 0.3) is 0 Å². The van der Waals surface area contributed by atoms with Crippen molar-refractivity contribution in [1.29, 1.82) is 0 Å². The predicted octanol–water partition coefficient (Wildman–Crippen LogP) is 1.04. The zero-order chi connectivity index (χ0) is 22.6. The third-order valence-electron chi connectivity index (χ3n) is 7.05. The number of nitrogens with zero attached hydrogens (tertiary/aromatic N) is 3. The van der Waals surface area contributed by atoms with Crippen LogP contribution in [-0.4, -0.2) is 86.5 Å². The lowest BCUT2D eigenvalue weighted by Gasteiger charge is -2.27. The Morgan fingerprint density at radius 1 is 1.36 bits per heavy atom. The molecule has 1 N–H and O–H groups in total. The molecule has 4 aliphatic heterocycles. The van der Waals surface area contributed by atoms with Crippen LogP contribution >= 0.6 is 11.3 Å². The van der Waals surface area contributed by atoms with Crippen LogP contribution < -0.4 is 15.0 Å². The number of morpholine rings is 1. The first kappa shape index (κ1) is 21.0. The Labute approximate surface area is 195 Å². The van der Waals surface area contributed by atoms with Crippen molar-refractivity contribution in [3.8, 4) is 5.75 Å². The van der Waals surface area contributed by atoms with E-state index in [9.17, 15) is 9.59 Å². The summed E-state index contributed by atoms with van der Waals surface area (Å²) in [4.78, 5) is 35.3. The summed E-state index contributed by atoms with van der Waals surface area (Å²) >= 11 is 1.46. The molecule has 0 saturated carbocycles. The quantitative estimate of drug-likeness (QED) is 0.631. The molecule has 0 aliphatic carbocycles. The molecule has 4 aliphatic rings. The third-order valence-corrected chi connectivity index (χ3v) is 8.11. The summed E-state index contributed by atoms with van der Waals surface area (Å²) in [6, 6.07) is 5.69. The van der Waals surface area contributed by atoms with Gasteiger partial charge in [0.2, 0.25) is 11.8 Å². The first-order chi connectivity index (χ1) is 16.1. The SMILES string of the molecule is COc1ccc2sc(N3C[C@@]45C=C[C@@H](O4)[C@H](C(=O)NCCN4CCOCC4)[C@@H]5C3=O)nc2c1. The van der Waals surface area contributed by atoms with Gasteiger partial charge in [-0.1, -0.05) is 23.5 Å². The maximum absolute atomic E-state index is 13.6. The lowest BCUT2D eigenvalue weighted by atomic mass is 9.77. The van der Waals surface area contributed by atoms with E-state index in [1.807, 2.05) is 30.4 Å². The van der Waals surface area contributed by atoms with E-state index in [0.29, 0.717) is 18.2 Å². The first-order valence-corrected chi connectivity index (χ1v) is 12.1. The predicted molar refractivity (Wildman–Crippen MR) is 123 cm³/mol. The smallest absolute Gasteiger partial charge is 0.236 e. The molecule has 9 nitrogen and oxygen atoms in total. The zero-order valence-corrected chi connectivity index (χ0v) is 19.2. The van der Waals surface area contributed by atoms with E-state index in [0.717, 1.165) is 48.8 Å². The number of nitrogens with one attached hydrogen (secondary N) is 1. The molecule has 2 bridgehead atoms. The molecule has 4 atom stereocenters. The summed E-state index contributed by atoms with van der Waals surface area (Å²) in [5, 5.41) is 3.67. The van der Waals surface area contributed by atoms with Crippen molar-refractivity contribution in [1.82, 2.24) is 15.2 Å². The average molecular weight is 471 g/mol. The summed E-state index contributed by atoms with van der Waals surface area (Å²) in [5.74, 6) is -0.541. The van der Waals surface area contributed by atoms with E-state index in [-0.39, 0.29) is 17.9 Å². The molecule has 10 heteroatoms. The van der Waals surface area contributed by atoms with Crippen molar-refractivity contribution in [2.24, 2.45) is 11.8 Å². The fourth-order valence-electron chi connectivity index (χ4n) is 5.38. The standard InChI is InChI=1S/C23H26N4O5S/c1-30-14-2-3-17-15(12-14)25-22(33-17)27-13-23-5-4-16(32-23)18(19(23)21(27)29)20(28)24-6-7-26-8-10-31-11-9-26/h2-5,12,16,18-19H,6-11,13H2,1H3,(H,24,28)/t16-,18+,19-,23-/m1/s1. The van der Waals surface area contributed by atoms with Crippen LogP contribution in [0.15, 0.2) is 30.4 Å². The van der Waals surface area contributed by atoms with Crippen LogP contribution in [0.3, 0.4) is 0 Å². The summed E-state index contributed by atoms with van der Waals surface area (Å²) < 4.78 is 17.9. The highest BCUT2D eigenvalue weighted by molar-refractivity contribution is 7.22. The summed E-state index contributed by atoms with van der Waals surface area (Å²) in [5.41, 5.74) is 0.0265. The van der Waals surface area contributed by atoms with E-state index >= 15 is 0 Å². The molecule has 5 heterocycles. The van der Waals surface area contributed by atoms with Crippen molar-refractivity contribution in [2.75, 3.05) is 57.9 Å². The second kappa shape index (κ2) is 8.05. The van der Waals surface area contributed by atoms with Gasteiger partial charge in [-0.2, -0.15) is 0 Å². The van der Waals surface area contributed by atoms with Crippen LogP contribution in [-0.2, 0) is 19.1 Å². The number of fused-ring (bicyclic) bond motifs is 2. The Hall–Kier alpha value is -2.53. The molecule has 2 amide bonds. The molecule has 6 rings (SSSR count). The topological polar surface area (TPSA) is 93.2 Å². The second-order valence-corrected chi connectivity index (χ2v) is 9.91. The number of methoxy groups -OCH3 is 1. The number of ether oxygens (including phenoxy) is 3. The van der Waals surface area contributed by atoms with Gasteiger partial charge in [-0.05, 0) is 12.1 Å². The highest BCUT2D eigenvalue weighted by atomic mass is 32.1. The fraction of sp³-hybridized carbons (Fsp3) is 0.522. The highest BCUT2D eigenvalue weighted by Crippen LogP contribution is 2.53. The van der Waals surface area contributed by atoms with Gasteiger partial charge < -0.3 is 19.5 Å². The van der Waals surface area contributed by atoms with Crippen molar-refractivity contribution in [3.63, 3.8) is 0 Å². The monoisotopic (exact) mass is 470 g/mol. The Balaban J connectivity index is 1.19. The van der Waals surface area contributed by atoms with Crippen LogP contribution in [0.25, 0.3) is 10.2 Å². The summed E-state index contributed by atoms with van der Waals surface area (Å²) in [6.45, 7) is 4.90. The van der Waals surface area contributed by atoms with E-state index in [2.05, 4.69) is 15.2 Å². The third kappa shape index (κ3) is 3.43. The number of carbonyl (C=O) groups is 2. The number of hydrogen-bond donors (Lipinski definition) is 1. The number of rotatable bonds is 6. The lowest BCUT2D eigenvalue weighted by molar-refractivity contribution is -0.132. The van der Waals surface area contributed by atoms with E-state index < -0.39 is 17.4 Å². The number of anilines is 1. The van der Waals surface area contributed by atoms with Crippen LogP contribution in [0.1, 0.15) is 0 Å². The van der Waals surface area contributed by atoms with Gasteiger partial charge in [0.15, 0.2) is 5.13 Å².